The number of aliphatic hydroxyl groups excluding tert-OH is 1. The highest BCUT2D eigenvalue weighted by Gasteiger charge is 2.26. The van der Waals surface area contributed by atoms with Gasteiger partial charge in [0.15, 0.2) is 9.84 Å². The molecule has 10 heavy (non-hydrogen) atoms. The first-order chi connectivity index (χ1) is 4.64. The second kappa shape index (κ2) is 2.88. The van der Waals surface area contributed by atoms with Crippen molar-refractivity contribution in [3.05, 3.63) is 0 Å². The van der Waals surface area contributed by atoms with Crippen molar-refractivity contribution in [1.29, 1.82) is 0 Å². The molecule has 1 fully saturated rings. The SMILES string of the molecule is O=S1(=O)CCC(CCO)C1. The lowest BCUT2D eigenvalue weighted by Gasteiger charge is -2.01. The molecule has 1 aliphatic heterocycles. The highest BCUT2D eigenvalue weighted by atomic mass is 32.2. The van der Waals surface area contributed by atoms with E-state index in [1.165, 1.54) is 0 Å². The summed E-state index contributed by atoms with van der Waals surface area (Å²) in [5.74, 6) is 0.820. The van der Waals surface area contributed by atoms with Crippen molar-refractivity contribution >= 4 is 9.84 Å². The van der Waals surface area contributed by atoms with Crippen LogP contribution in [-0.4, -0.2) is 31.6 Å². The van der Waals surface area contributed by atoms with Gasteiger partial charge in [0, 0.05) is 6.61 Å². The zero-order valence-corrected chi connectivity index (χ0v) is 6.60. The fourth-order valence-electron chi connectivity index (χ4n) is 1.28. The van der Waals surface area contributed by atoms with E-state index >= 15 is 0 Å². The molecule has 0 aliphatic carbocycles. The van der Waals surface area contributed by atoms with Crippen LogP contribution >= 0.6 is 0 Å². The summed E-state index contributed by atoms with van der Waals surface area (Å²) in [5, 5.41) is 8.50. The minimum Gasteiger partial charge on any atom is -0.396 e. The third-order valence-electron chi connectivity index (χ3n) is 1.86. The van der Waals surface area contributed by atoms with Gasteiger partial charge in [0.1, 0.15) is 0 Å². The van der Waals surface area contributed by atoms with Gasteiger partial charge in [-0.2, -0.15) is 0 Å². The second-order valence-corrected chi connectivity index (χ2v) is 5.01. The predicted octanol–water partition coefficient (Wildman–Crippen LogP) is -0.197. The summed E-state index contributed by atoms with van der Waals surface area (Å²) >= 11 is 0. The van der Waals surface area contributed by atoms with Crippen LogP contribution in [0.2, 0.25) is 0 Å². The van der Waals surface area contributed by atoms with Crippen molar-refractivity contribution in [3.8, 4) is 0 Å². The van der Waals surface area contributed by atoms with E-state index in [4.69, 9.17) is 5.11 Å². The molecule has 60 valence electrons. The van der Waals surface area contributed by atoms with Gasteiger partial charge in [0.25, 0.3) is 0 Å². The molecule has 1 rings (SSSR count). The van der Waals surface area contributed by atoms with Crippen molar-refractivity contribution in [2.45, 2.75) is 12.8 Å². The Bertz CT molecular complexity index is 195. The Labute approximate surface area is 61.0 Å². The van der Waals surface area contributed by atoms with E-state index in [0.29, 0.717) is 12.2 Å². The Hall–Kier alpha value is -0.0900. The van der Waals surface area contributed by atoms with Gasteiger partial charge in [-0.3, -0.25) is 0 Å². The first kappa shape index (κ1) is 8.01. The van der Waals surface area contributed by atoms with E-state index in [-0.39, 0.29) is 18.3 Å². The molecule has 0 saturated carbocycles. The van der Waals surface area contributed by atoms with Crippen LogP contribution in [-0.2, 0) is 9.84 Å². The first-order valence-corrected chi connectivity index (χ1v) is 5.27. The molecule has 1 aliphatic rings. The molecule has 4 heteroatoms. The zero-order chi connectivity index (χ0) is 7.61. The molecule has 0 aromatic rings. The third kappa shape index (κ3) is 1.95. The van der Waals surface area contributed by atoms with Crippen molar-refractivity contribution in [2.24, 2.45) is 5.92 Å². The molecule has 0 spiro atoms. The van der Waals surface area contributed by atoms with Crippen molar-refractivity contribution in [3.63, 3.8) is 0 Å². The van der Waals surface area contributed by atoms with Gasteiger partial charge in [-0.15, -0.1) is 0 Å². The second-order valence-electron chi connectivity index (χ2n) is 2.78. The molecule has 0 amide bonds. The van der Waals surface area contributed by atoms with Crippen LogP contribution < -0.4 is 0 Å². The Kier molecular flexibility index (Phi) is 2.31. The summed E-state index contributed by atoms with van der Waals surface area (Å²) in [7, 11) is -2.73. The Balaban J connectivity index is 2.44. The fraction of sp³-hybridized carbons (Fsp3) is 1.00. The number of rotatable bonds is 2. The number of aliphatic hydroxyl groups is 1. The normalized spacial score (nSPS) is 30.7. The molecule has 1 saturated heterocycles. The number of hydrogen-bond acceptors (Lipinski definition) is 3. The molecule has 1 heterocycles. The van der Waals surface area contributed by atoms with E-state index in [2.05, 4.69) is 0 Å². The van der Waals surface area contributed by atoms with Gasteiger partial charge in [-0.05, 0) is 18.8 Å². The van der Waals surface area contributed by atoms with E-state index in [0.717, 1.165) is 6.42 Å². The zero-order valence-electron chi connectivity index (χ0n) is 5.78. The molecular weight excluding hydrogens is 152 g/mol. The summed E-state index contributed by atoms with van der Waals surface area (Å²) in [6.45, 7) is 0.111. The van der Waals surface area contributed by atoms with Gasteiger partial charge >= 0.3 is 0 Å². The highest BCUT2D eigenvalue weighted by molar-refractivity contribution is 7.91. The fourth-order valence-corrected chi connectivity index (χ4v) is 3.19. The van der Waals surface area contributed by atoms with Crippen LogP contribution in [0, 0.1) is 5.92 Å². The van der Waals surface area contributed by atoms with E-state index in [1.807, 2.05) is 0 Å². The minimum absolute atomic E-state index is 0.111. The average Bonchev–Trinajstić information content (AvgIpc) is 2.12. The monoisotopic (exact) mass is 164 g/mol. The maximum absolute atomic E-state index is 10.8. The van der Waals surface area contributed by atoms with Crippen LogP contribution in [0.25, 0.3) is 0 Å². The quantitative estimate of drug-likeness (QED) is 0.615. The van der Waals surface area contributed by atoms with E-state index in [1.54, 1.807) is 0 Å². The first-order valence-electron chi connectivity index (χ1n) is 3.45. The minimum atomic E-state index is -2.73. The molecule has 0 aromatic carbocycles. The van der Waals surface area contributed by atoms with Gasteiger partial charge in [0.05, 0.1) is 11.5 Å². The van der Waals surface area contributed by atoms with E-state index in [9.17, 15) is 8.42 Å². The van der Waals surface area contributed by atoms with Gasteiger partial charge in [-0.1, -0.05) is 0 Å². The molecule has 3 nitrogen and oxygen atoms in total. The van der Waals surface area contributed by atoms with Crippen LogP contribution in [0.5, 0.6) is 0 Å². The lowest BCUT2D eigenvalue weighted by Crippen LogP contribution is -2.05. The summed E-state index contributed by atoms with van der Waals surface area (Å²) < 4.78 is 21.7. The summed E-state index contributed by atoms with van der Waals surface area (Å²) in [4.78, 5) is 0. The Morgan fingerprint density at radius 2 is 2.20 bits per heavy atom. The molecule has 1 atom stereocenters. The van der Waals surface area contributed by atoms with Gasteiger partial charge in [-0.25, -0.2) is 8.42 Å². The number of hydrogen-bond donors (Lipinski definition) is 1. The summed E-state index contributed by atoms with van der Waals surface area (Å²) in [6, 6.07) is 0. The smallest absolute Gasteiger partial charge is 0.150 e. The molecule has 1 unspecified atom stereocenters. The van der Waals surface area contributed by atoms with Crippen LogP contribution in [0.1, 0.15) is 12.8 Å². The lowest BCUT2D eigenvalue weighted by atomic mass is 10.1. The summed E-state index contributed by atoms with van der Waals surface area (Å²) in [5.41, 5.74) is 0. The summed E-state index contributed by atoms with van der Waals surface area (Å²) in [6.07, 6.45) is 1.38. The van der Waals surface area contributed by atoms with E-state index < -0.39 is 9.84 Å². The topological polar surface area (TPSA) is 54.4 Å². The molecule has 0 radical (unpaired) electrons. The molecule has 1 N–H and O–H groups in total. The molecule has 0 bridgehead atoms. The third-order valence-corrected chi connectivity index (χ3v) is 3.70. The lowest BCUT2D eigenvalue weighted by molar-refractivity contribution is 0.264. The largest absolute Gasteiger partial charge is 0.396 e. The van der Waals surface area contributed by atoms with Crippen molar-refractivity contribution in [2.75, 3.05) is 18.1 Å². The molecular formula is C6H12O3S. The van der Waals surface area contributed by atoms with Crippen LogP contribution in [0.3, 0.4) is 0 Å². The highest BCUT2D eigenvalue weighted by Crippen LogP contribution is 2.20. The van der Waals surface area contributed by atoms with Gasteiger partial charge in [0.2, 0.25) is 0 Å². The Morgan fingerprint density at radius 1 is 1.50 bits per heavy atom. The van der Waals surface area contributed by atoms with Crippen LogP contribution in [0.4, 0.5) is 0 Å². The molecule has 0 aromatic heterocycles. The maximum atomic E-state index is 10.8. The predicted molar refractivity (Wildman–Crippen MR) is 38.5 cm³/mol. The number of sulfone groups is 1. The van der Waals surface area contributed by atoms with Crippen molar-refractivity contribution < 1.29 is 13.5 Å². The Morgan fingerprint density at radius 3 is 2.60 bits per heavy atom. The average molecular weight is 164 g/mol. The standard InChI is InChI=1S/C6H12O3S/c7-3-1-6-2-4-10(8,9)5-6/h6-7H,1-5H2. The van der Waals surface area contributed by atoms with Crippen molar-refractivity contribution in [1.82, 2.24) is 0 Å². The maximum Gasteiger partial charge on any atom is 0.150 e. The van der Waals surface area contributed by atoms with Gasteiger partial charge < -0.3 is 5.11 Å². The van der Waals surface area contributed by atoms with Crippen LogP contribution in [0.15, 0.2) is 0 Å².